The highest BCUT2D eigenvalue weighted by molar-refractivity contribution is 9.10. The molecular formula is C33H43BrClN3O2. The lowest BCUT2D eigenvalue weighted by atomic mass is 9.76. The molecule has 1 spiro atoms. The number of rotatable bonds is 7. The fourth-order valence-corrected chi connectivity index (χ4v) is 8.01. The molecule has 40 heavy (non-hydrogen) atoms. The molecule has 216 valence electrons. The Kier molecular flexibility index (Phi) is 9.59. The maximum Gasteiger partial charge on any atom is 0.229 e. The summed E-state index contributed by atoms with van der Waals surface area (Å²) in [6, 6.07) is 19.2. The van der Waals surface area contributed by atoms with E-state index < -0.39 is 0 Å². The van der Waals surface area contributed by atoms with Gasteiger partial charge in [0.05, 0.1) is 5.41 Å². The van der Waals surface area contributed by atoms with Gasteiger partial charge in [-0.2, -0.15) is 0 Å². The molecule has 3 heterocycles. The number of hydrogen-bond donors (Lipinski definition) is 0. The fraction of sp³-hybridized carbons (Fsp3) is 0.576. The Balaban J connectivity index is 0.00000323. The second kappa shape index (κ2) is 13.0. The molecule has 0 unspecified atom stereocenters. The molecule has 1 aliphatic carbocycles. The van der Waals surface area contributed by atoms with Crippen molar-refractivity contribution in [3.63, 3.8) is 0 Å². The zero-order chi connectivity index (χ0) is 26.8. The molecule has 3 aliphatic heterocycles. The van der Waals surface area contributed by atoms with Crippen LogP contribution in [0.1, 0.15) is 68.4 Å². The Morgan fingerprint density at radius 1 is 0.900 bits per heavy atom. The smallest absolute Gasteiger partial charge is 0.229 e. The molecular weight excluding hydrogens is 586 g/mol. The number of amides is 2. The lowest BCUT2D eigenvalue weighted by Crippen LogP contribution is -2.46. The predicted octanol–water partition coefficient (Wildman–Crippen LogP) is 6.51. The summed E-state index contributed by atoms with van der Waals surface area (Å²) in [5, 5.41) is 0. The lowest BCUT2D eigenvalue weighted by molar-refractivity contribution is -0.139. The quantitative estimate of drug-likeness (QED) is 0.351. The summed E-state index contributed by atoms with van der Waals surface area (Å²) >= 11 is 3.50. The van der Waals surface area contributed by atoms with Crippen LogP contribution in [0.5, 0.6) is 0 Å². The van der Waals surface area contributed by atoms with Gasteiger partial charge in [0.2, 0.25) is 11.8 Å². The molecule has 1 saturated carbocycles. The van der Waals surface area contributed by atoms with E-state index in [0.717, 1.165) is 69.4 Å². The third-order valence-corrected chi connectivity index (χ3v) is 10.7. The number of likely N-dealkylation sites (tertiary alicyclic amines) is 3. The van der Waals surface area contributed by atoms with E-state index in [0.29, 0.717) is 36.1 Å². The van der Waals surface area contributed by atoms with E-state index in [9.17, 15) is 9.59 Å². The molecule has 6 rings (SSSR count). The first kappa shape index (κ1) is 29.6. The molecule has 0 N–H and O–H groups in total. The molecule has 2 amide bonds. The van der Waals surface area contributed by atoms with E-state index in [1.807, 2.05) is 0 Å². The Labute approximate surface area is 254 Å². The molecule has 3 saturated heterocycles. The van der Waals surface area contributed by atoms with Crippen LogP contribution in [0, 0.1) is 17.3 Å². The average Bonchev–Trinajstić information content (AvgIpc) is 3.69. The standard InChI is InChI=1S/C33H42BrN3O2.ClH/c34-29-12-10-26(11-13-29)21-36-19-16-33(32(36)39)14-17-35(18-15-33)22-28-23-37(31(38)20-25-6-4-5-7-25)24-30(28)27-8-2-1-3-9-27;/h1-3,8-13,25,28,30H,4-7,14-24H2;1H/t28-,30+;/m0./s1. The van der Waals surface area contributed by atoms with Crippen LogP contribution >= 0.6 is 28.3 Å². The topological polar surface area (TPSA) is 43.9 Å². The Morgan fingerprint density at radius 2 is 1.57 bits per heavy atom. The third-order valence-electron chi connectivity index (χ3n) is 10.2. The van der Waals surface area contributed by atoms with Gasteiger partial charge in [0.1, 0.15) is 0 Å². The van der Waals surface area contributed by atoms with Crippen LogP contribution < -0.4 is 0 Å². The molecule has 2 atom stereocenters. The van der Waals surface area contributed by atoms with E-state index in [1.54, 1.807) is 0 Å². The minimum Gasteiger partial charge on any atom is -0.342 e. The van der Waals surface area contributed by atoms with Crippen LogP contribution in [0.2, 0.25) is 0 Å². The number of hydrogen-bond acceptors (Lipinski definition) is 3. The minimum atomic E-state index is -0.177. The van der Waals surface area contributed by atoms with Crippen molar-refractivity contribution in [3.8, 4) is 0 Å². The Morgan fingerprint density at radius 3 is 2.27 bits per heavy atom. The predicted molar refractivity (Wildman–Crippen MR) is 165 cm³/mol. The van der Waals surface area contributed by atoms with E-state index in [2.05, 4.69) is 85.2 Å². The van der Waals surface area contributed by atoms with Crippen molar-refractivity contribution >= 4 is 40.2 Å². The Bertz CT molecular complexity index is 1150. The van der Waals surface area contributed by atoms with E-state index in [-0.39, 0.29) is 17.8 Å². The van der Waals surface area contributed by atoms with Crippen LogP contribution in [-0.4, -0.2) is 65.8 Å². The normalized spacial score (nSPS) is 25.1. The van der Waals surface area contributed by atoms with Crippen molar-refractivity contribution < 1.29 is 9.59 Å². The third kappa shape index (κ3) is 6.44. The molecule has 0 bridgehead atoms. The van der Waals surface area contributed by atoms with Gasteiger partial charge < -0.3 is 14.7 Å². The van der Waals surface area contributed by atoms with Crippen LogP contribution in [0.25, 0.3) is 0 Å². The monoisotopic (exact) mass is 627 g/mol. The summed E-state index contributed by atoms with van der Waals surface area (Å²) in [4.78, 5) is 33.7. The van der Waals surface area contributed by atoms with Crippen LogP contribution in [0.15, 0.2) is 59.1 Å². The van der Waals surface area contributed by atoms with Crippen molar-refractivity contribution in [1.82, 2.24) is 14.7 Å². The van der Waals surface area contributed by atoms with Gasteiger partial charge in [-0.05, 0) is 80.3 Å². The summed E-state index contributed by atoms with van der Waals surface area (Å²) in [7, 11) is 0. The maximum atomic E-state index is 13.6. The summed E-state index contributed by atoms with van der Waals surface area (Å²) in [6.07, 6.45) is 8.64. The van der Waals surface area contributed by atoms with E-state index >= 15 is 0 Å². The first-order valence-corrected chi connectivity index (χ1v) is 15.9. The molecule has 5 nitrogen and oxygen atoms in total. The average molecular weight is 629 g/mol. The zero-order valence-electron chi connectivity index (χ0n) is 23.5. The second-order valence-corrected chi connectivity index (χ2v) is 13.5. The van der Waals surface area contributed by atoms with Gasteiger partial charge in [-0.3, -0.25) is 9.59 Å². The van der Waals surface area contributed by atoms with Gasteiger partial charge in [0.15, 0.2) is 0 Å². The van der Waals surface area contributed by atoms with Gasteiger partial charge >= 0.3 is 0 Å². The van der Waals surface area contributed by atoms with Gasteiger partial charge in [0, 0.05) is 49.5 Å². The van der Waals surface area contributed by atoms with E-state index in [4.69, 9.17) is 0 Å². The first-order valence-electron chi connectivity index (χ1n) is 15.1. The number of carbonyl (C=O) groups is 2. The molecule has 2 aromatic carbocycles. The van der Waals surface area contributed by atoms with Crippen molar-refractivity contribution in [2.45, 2.75) is 63.8 Å². The molecule has 4 fully saturated rings. The van der Waals surface area contributed by atoms with Gasteiger partial charge in [-0.25, -0.2) is 0 Å². The van der Waals surface area contributed by atoms with Gasteiger partial charge in [0.25, 0.3) is 0 Å². The summed E-state index contributed by atoms with van der Waals surface area (Å²) < 4.78 is 1.07. The molecule has 0 aromatic heterocycles. The number of piperidine rings is 1. The molecule has 7 heteroatoms. The van der Waals surface area contributed by atoms with Gasteiger partial charge in [-0.1, -0.05) is 71.2 Å². The zero-order valence-corrected chi connectivity index (χ0v) is 25.9. The lowest BCUT2D eigenvalue weighted by Gasteiger charge is -2.39. The van der Waals surface area contributed by atoms with Crippen LogP contribution in [0.4, 0.5) is 0 Å². The maximum absolute atomic E-state index is 13.6. The highest BCUT2D eigenvalue weighted by atomic mass is 79.9. The minimum absolute atomic E-state index is 0. The van der Waals surface area contributed by atoms with E-state index in [1.165, 1.54) is 36.8 Å². The van der Waals surface area contributed by atoms with Crippen molar-refractivity contribution in [2.24, 2.45) is 17.3 Å². The van der Waals surface area contributed by atoms with Crippen molar-refractivity contribution in [2.75, 3.05) is 39.3 Å². The second-order valence-electron chi connectivity index (χ2n) is 12.6. The molecule has 2 aromatic rings. The van der Waals surface area contributed by atoms with Crippen molar-refractivity contribution in [3.05, 3.63) is 70.2 Å². The highest BCUT2D eigenvalue weighted by Gasteiger charge is 2.48. The van der Waals surface area contributed by atoms with Crippen molar-refractivity contribution in [1.29, 1.82) is 0 Å². The van der Waals surface area contributed by atoms with Crippen LogP contribution in [-0.2, 0) is 16.1 Å². The highest BCUT2D eigenvalue weighted by Crippen LogP contribution is 2.43. The summed E-state index contributed by atoms with van der Waals surface area (Å²) in [5.74, 6) is 2.16. The molecule has 4 aliphatic rings. The molecule has 0 radical (unpaired) electrons. The number of nitrogens with zero attached hydrogens (tertiary/aromatic N) is 3. The number of carbonyl (C=O) groups excluding carboxylic acids is 2. The summed E-state index contributed by atoms with van der Waals surface area (Å²) in [5.41, 5.74) is 2.38. The number of benzene rings is 2. The SMILES string of the molecule is Cl.O=C(CC1CCCC1)N1C[C@H](CN2CCC3(CC2)CCN(Cc2ccc(Br)cc2)C3=O)[C@@H](c2ccccc2)C1. The fourth-order valence-electron chi connectivity index (χ4n) is 7.74. The Hall–Kier alpha value is -1.89. The summed E-state index contributed by atoms with van der Waals surface area (Å²) in [6.45, 7) is 6.26. The number of halogens is 2. The largest absolute Gasteiger partial charge is 0.342 e. The van der Waals surface area contributed by atoms with Gasteiger partial charge in [-0.15, -0.1) is 12.4 Å². The first-order chi connectivity index (χ1) is 19.0. The van der Waals surface area contributed by atoms with Crippen LogP contribution in [0.3, 0.4) is 0 Å².